The van der Waals surface area contributed by atoms with E-state index in [9.17, 15) is 18.4 Å². The normalized spacial score (nSPS) is 12.0. The van der Waals surface area contributed by atoms with Crippen LogP contribution in [0.4, 0.5) is 13.9 Å². The standard InChI is InChI=1S/C22H18F2N2O4S/c1-14(20(28)26-22-25-18(13-31-22)16-5-3-2-4-6-16)29-19(27)12-9-15-7-10-17(11-8-15)30-21(23)24/h2-14,21H,1H3,(H,25,26,28)/b12-9+/t14-/m1/s1. The lowest BCUT2D eigenvalue weighted by Gasteiger charge is -2.10. The fraction of sp³-hybridized carbons (Fsp3) is 0.136. The molecule has 1 aromatic heterocycles. The molecule has 0 unspecified atom stereocenters. The van der Waals surface area contributed by atoms with E-state index in [4.69, 9.17) is 4.74 Å². The minimum atomic E-state index is -2.90. The van der Waals surface area contributed by atoms with E-state index in [0.717, 1.165) is 17.3 Å². The Bertz CT molecular complexity index is 1050. The third-order valence-electron chi connectivity index (χ3n) is 3.98. The van der Waals surface area contributed by atoms with Crippen molar-refractivity contribution >= 4 is 34.4 Å². The van der Waals surface area contributed by atoms with E-state index in [0.29, 0.717) is 10.7 Å². The van der Waals surface area contributed by atoms with Gasteiger partial charge < -0.3 is 9.47 Å². The van der Waals surface area contributed by atoms with Crippen LogP contribution in [-0.4, -0.2) is 29.6 Å². The van der Waals surface area contributed by atoms with Crippen molar-refractivity contribution in [1.82, 2.24) is 4.98 Å². The first kappa shape index (κ1) is 22.1. The van der Waals surface area contributed by atoms with Crippen LogP contribution in [0.25, 0.3) is 17.3 Å². The van der Waals surface area contributed by atoms with Gasteiger partial charge in [-0.1, -0.05) is 42.5 Å². The quantitative estimate of drug-likeness (QED) is 0.391. The number of nitrogens with one attached hydrogen (secondary N) is 1. The second-order valence-electron chi connectivity index (χ2n) is 6.25. The molecule has 2 aromatic carbocycles. The van der Waals surface area contributed by atoms with Gasteiger partial charge in [-0.25, -0.2) is 9.78 Å². The molecule has 0 fully saturated rings. The number of carbonyl (C=O) groups is 2. The first-order valence-electron chi connectivity index (χ1n) is 9.16. The molecule has 9 heteroatoms. The number of benzene rings is 2. The number of thiazole rings is 1. The number of hydrogen-bond acceptors (Lipinski definition) is 6. The maximum Gasteiger partial charge on any atom is 0.387 e. The molecule has 31 heavy (non-hydrogen) atoms. The smallest absolute Gasteiger partial charge is 0.387 e. The molecule has 0 spiro atoms. The van der Waals surface area contributed by atoms with Crippen LogP contribution in [0.15, 0.2) is 66.1 Å². The Morgan fingerprint density at radius 2 is 1.81 bits per heavy atom. The van der Waals surface area contributed by atoms with Gasteiger partial charge in [0.25, 0.3) is 5.91 Å². The van der Waals surface area contributed by atoms with Gasteiger partial charge in [0.05, 0.1) is 5.69 Å². The molecule has 0 bridgehead atoms. The maximum absolute atomic E-state index is 12.3. The topological polar surface area (TPSA) is 77.5 Å². The molecule has 1 heterocycles. The highest BCUT2D eigenvalue weighted by atomic mass is 32.1. The van der Waals surface area contributed by atoms with Crippen molar-refractivity contribution in [2.24, 2.45) is 0 Å². The molecule has 1 atom stereocenters. The number of anilines is 1. The second-order valence-corrected chi connectivity index (χ2v) is 7.11. The van der Waals surface area contributed by atoms with Crippen LogP contribution in [0.2, 0.25) is 0 Å². The largest absolute Gasteiger partial charge is 0.449 e. The van der Waals surface area contributed by atoms with E-state index in [1.54, 1.807) is 0 Å². The zero-order valence-corrected chi connectivity index (χ0v) is 17.1. The molecule has 160 valence electrons. The van der Waals surface area contributed by atoms with Crippen molar-refractivity contribution in [3.05, 3.63) is 71.6 Å². The van der Waals surface area contributed by atoms with Gasteiger partial charge in [0.2, 0.25) is 0 Å². The Morgan fingerprint density at radius 3 is 2.48 bits per heavy atom. The van der Waals surface area contributed by atoms with Gasteiger partial charge >= 0.3 is 12.6 Å². The van der Waals surface area contributed by atoms with Crippen LogP contribution in [0.1, 0.15) is 12.5 Å². The lowest BCUT2D eigenvalue weighted by atomic mass is 10.2. The fourth-order valence-electron chi connectivity index (χ4n) is 2.47. The average Bonchev–Trinajstić information content (AvgIpc) is 3.22. The Balaban J connectivity index is 1.50. The molecule has 1 N–H and O–H groups in total. The first-order chi connectivity index (χ1) is 14.9. The third kappa shape index (κ3) is 6.71. The molecule has 0 saturated heterocycles. The number of carbonyl (C=O) groups excluding carboxylic acids is 2. The number of amides is 1. The highest BCUT2D eigenvalue weighted by molar-refractivity contribution is 7.14. The predicted molar refractivity (Wildman–Crippen MR) is 114 cm³/mol. The molecular formula is C22H18F2N2O4S. The van der Waals surface area contributed by atoms with E-state index in [-0.39, 0.29) is 5.75 Å². The summed E-state index contributed by atoms with van der Waals surface area (Å²) in [4.78, 5) is 28.6. The Morgan fingerprint density at radius 1 is 1.10 bits per heavy atom. The van der Waals surface area contributed by atoms with Crippen molar-refractivity contribution in [2.75, 3.05) is 5.32 Å². The number of nitrogens with zero attached hydrogens (tertiary/aromatic N) is 1. The SMILES string of the molecule is C[C@@H](OC(=O)/C=C/c1ccc(OC(F)F)cc1)C(=O)Nc1nc(-c2ccccc2)cs1. The third-order valence-corrected chi connectivity index (χ3v) is 4.74. The van der Waals surface area contributed by atoms with Crippen molar-refractivity contribution < 1.29 is 27.8 Å². The summed E-state index contributed by atoms with van der Waals surface area (Å²) in [6.07, 6.45) is 1.54. The molecule has 0 aliphatic carbocycles. The molecule has 0 aliphatic heterocycles. The Labute approximate surface area is 181 Å². The molecule has 6 nitrogen and oxygen atoms in total. The first-order valence-corrected chi connectivity index (χ1v) is 10.0. The van der Waals surface area contributed by atoms with Crippen molar-refractivity contribution in [2.45, 2.75) is 19.6 Å². The Kier molecular flexibility index (Phi) is 7.45. The molecular weight excluding hydrogens is 426 g/mol. The fourth-order valence-corrected chi connectivity index (χ4v) is 3.19. The van der Waals surface area contributed by atoms with Crippen LogP contribution >= 0.6 is 11.3 Å². The summed E-state index contributed by atoms with van der Waals surface area (Å²) in [5.74, 6) is -1.22. The summed E-state index contributed by atoms with van der Waals surface area (Å²) in [5, 5.41) is 4.84. The van der Waals surface area contributed by atoms with E-state index < -0.39 is 24.6 Å². The van der Waals surface area contributed by atoms with E-state index >= 15 is 0 Å². The number of rotatable bonds is 8. The van der Waals surface area contributed by atoms with Gasteiger partial charge in [0, 0.05) is 17.0 Å². The highest BCUT2D eigenvalue weighted by Crippen LogP contribution is 2.24. The number of alkyl halides is 2. The van der Waals surface area contributed by atoms with E-state index in [1.807, 2.05) is 35.7 Å². The lowest BCUT2D eigenvalue weighted by molar-refractivity contribution is -0.148. The monoisotopic (exact) mass is 444 g/mol. The summed E-state index contributed by atoms with van der Waals surface area (Å²) in [6.45, 7) is -1.46. The summed E-state index contributed by atoms with van der Waals surface area (Å²) in [6, 6.07) is 15.2. The summed E-state index contributed by atoms with van der Waals surface area (Å²) in [5.41, 5.74) is 2.24. The lowest BCUT2D eigenvalue weighted by Crippen LogP contribution is -2.29. The predicted octanol–water partition coefficient (Wildman–Crippen LogP) is 5.00. The number of esters is 1. The van der Waals surface area contributed by atoms with Gasteiger partial charge in [0.1, 0.15) is 5.75 Å². The van der Waals surface area contributed by atoms with Crippen LogP contribution in [0.5, 0.6) is 5.75 Å². The minimum Gasteiger partial charge on any atom is -0.449 e. The molecule has 0 aliphatic rings. The van der Waals surface area contributed by atoms with Gasteiger partial charge in [-0.15, -0.1) is 11.3 Å². The van der Waals surface area contributed by atoms with Crippen LogP contribution in [0, 0.1) is 0 Å². The average molecular weight is 444 g/mol. The van der Waals surface area contributed by atoms with Gasteiger partial charge in [0.15, 0.2) is 11.2 Å². The molecule has 0 saturated carbocycles. The van der Waals surface area contributed by atoms with Crippen molar-refractivity contribution in [3.63, 3.8) is 0 Å². The van der Waals surface area contributed by atoms with Crippen LogP contribution in [-0.2, 0) is 14.3 Å². The summed E-state index contributed by atoms with van der Waals surface area (Å²) >= 11 is 1.27. The molecule has 1 amide bonds. The van der Waals surface area contributed by atoms with Crippen molar-refractivity contribution in [3.8, 4) is 17.0 Å². The molecule has 3 rings (SSSR count). The minimum absolute atomic E-state index is 0.0117. The van der Waals surface area contributed by atoms with Gasteiger partial charge in [-0.2, -0.15) is 8.78 Å². The van der Waals surface area contributed by atoms with Crippen LogP contribution in [0.3, 0.4) is 0 Å². The second kappa shape index (κ2) is 10.4. The summed E-state index contributed by atoms with van der Waals surface area (Å²) < 4.78 is 33.6. The number of halogens is 2. The highest BCUT2D eigenvalue weighted by Gasteiger charge is 2.18. The van der Waals surface area contributed by atoms with E-state index in [2.05, 4.69) is 15.0 Å². The number of aromatic nitrogens is 1. The zero-order valence-electron chi connectivity index (χ0n) is 16.3. The van der Waals surface area contributed by atoms with E-state index in [1.165, 1.54) is 48.6 Å². The maximum atomic E-state index is 12.3. The molecule has 0 radical (unpaired) electrons. The zero-order chi connectivity index (χ0) is 22.2. The van der Waals surface area contributed by atoms with Gasteiger partial charge in [-0.3, -0.25) is 10.1 Å². The molecule has 3 aromatic rings. The number of hydrogen-bond donors (Lipinski definition) is 1. The Hall–Kier alpha value is -3.59. The van der Waals surface area contributed by atoms with Gasteiger partial charge in [-0.05, 0) is 30.7 Å². The van der Waals surface area contributed by atoms with Crippen LogP contribution < -0.4 is 10.1 Å². The van der Waals surface area contributed by atoms with Crippen molar-refractivity contribution in [1.29, 1.82) is 0 Å². The summed E-state index contributed by atoms with van der Waals surface area (Å²) in [7, 11) is 0. The number of ether oxygens (including phenoxy) is 2.